The van der Waals surface area contributed by atoms with Crippen molar-refractivity contribution in [2.75, 3.05) is 13.1 Å². The number of aliphatic carboxylic acids is 1. The molecule has 0 aromatic rings. The van der Waals surface area contributed by atoms with Gasteiger partial charge < -0.3 is 15.3 Å². The first-order valence-corrected chi connectivity index (χ1v) is 7.75. The number of amides is 2. The molecule has 1 aliphatic heterocycles. The van der Waals surface area contributed by atoms with E-state index >= 15 is 0 Å². The Morgan fingerprint density at radius 2 is 1.95 bits per heavy atom. The minimum atomic E-state index is -1.22. The van der Waals surface area contributed by atoms with Crippen molar-refractivity contribution in [3.8, 4) is 0 Å². The topological polar surface area (TPSA) is 86.7 Å². The van der Waals surface area contributed by atoms with Crippen LogP contribution in [0.5, 0.6) is 0 Å². The summed E-state index contributed by atoms with van der Waals surface area (Å²) in [6.45, 7) is 4.66. The Bertz CT molecular complexity index is 441. The zero-order chi connectivity index (χ0) is 15.6. The van der Waals surface area contributed by atoms with Crippen molar-refractivity contribution in [3.05, 3.63) is 0 Å². The molecule has 2 aliphatic rings. The number of carboxylic acid groups (broad SMARTS) is 1. The predicted octanol–water partition coefficient (Wildman–Crippen LogP) is 1.00. The molecule has 2 rings (SSSR count). The minimum Gasteiger partial charge on any atom is -0.480 e. The van der Waals surface area contributed by atoms with Gasteiger partial charge in [0.2, 0.25) is 11.8 Å². The molecule has 1 atom stereocenters. The molecule has 118 valence electrons. The van der Waals surface area contributed by atoms with Gasteiger partial charge >= 0.3 is 5.97 Å². The van der Waals surface area contributed by atoms with Crippen LogP contribution in [0.4, 0.5) is 0 Å². The van der Waals surface area contributed by atoms with Gasteiger partial charge in [0.05, 0.1) is 5.92 Å². The van der Waals surface area contributed by atoms with Gasteiger partial charge in [0, 0.05) is 19.5 Å². The largest absolute Gasteiger partial charge is 0.480 e. The lowest BCUT2D eigenvalue weighted by molar-refractivity contribution is -0.148. The standard InChI is InChI=1S/C15H24N2O4/c1-3-15(4-2,14(20)21)16-13(19)11-7-12(18)17(9-11)8-10-5-6-10/h10-11H,3-9H2,1-2H3,(H,16,19)(H,20,21). The zero-order valence-corrected chi connectivity index (χ0v) is 12.7. The monoisotopic (exact) mass is 296 g/mol. The molecule has 1 aliphatic carbocycles. The number of hydrogen-bond donors (Lipinski definition) is 2. The van der Waals surface area contributed by atoms with Crippen LogP contribution in [0.25, 0.3) is 0 Å². The Kier molecular flexibility index (Phi) is 4.54. The highest BCUT2D eigenvalue weighted by molar-refractivity contribution is 5.92. The summed E-state index contributed by atoms with van der Waals surface area (Å²) >= 11 is 0. The summed E-state index contributed by atoms with van der Waals surface area (Å²) in [4.78, 5) is 37.4. The summed E-state index contributed by atoms with van der Waals surface area (Å²) in [6, 6.07) is 0. The summed E-state index contributed by atoms with van der Waals surface area (Å²) in [5, 5.41) is 12.0. The second kappa shape index (κ2) is 6.03. The molecule has 2 fully saturated rings. The lowest BCUT2D eigenvalue weighted by Gasteiger charge is -2.29. The molecule has 2 N–H and O–H groups in total. The fourth-order valence-corrected chi connectivity index (χ4v) is 2.86. The van der Waals surface area contributed by atoms with E-state index in [0.29, 0.717) is 25.3 Å². The van der Waals surface area contributed by atoms with E-state index in [9.17, 15) is 19.5 Å². The maximum Gasteiger partial charge on any atom is 0.329 e. The maximum absolute atomic E-state index is 12.3. The van der Waals surface area contributed by atoms with Crippen LogP contribution in [0.1, 0.15) is 46.0 Å². The average Bonchev–Trinajstić information content (AvgIpc) is 3.19. The second-order valence-corrected chi connectivity index (χ2v) is 6.23. The minimum absolute atomic E-state index is 0.0102. The Morgan fingerprint density at radius 1 is 1.33 bits per heavy atom. The van der Waals surface area contributed by atoms with E-state index in [1.807, 2.05) is 0 Å². The number of carboxylic acids is 1. The molecule has 2 amide bonds. The first-order chi connectivity index (χ1) is 9.91. The smallest absolute Gasteiger partial charge is 0.329 e. The van der Waals surface area contributed by atoms with E-state index in [2.05, 4.69) is 5.32 Å². The summed E-state index contributed by atoms with van der Waals surface area (Å²) in [7, 11) is 0. The van der Waals surface area contributed by atoms with Gasteiger partial charge in [-0.3, -0.25) is 9.59 Å². The molecule has 6 nitrogen and oxygen atoms in total. The van der Waals surface area contributed by atoms with Gasteiger partial charge in [-0.2, -0.15) is 0 Å². The highest BCUT2D eigenvalue weighted by Crippen LogP contribution is 2.32. The Hall–Kier alpha value is -1.59. The Morgan fingerprint density at radius 3 is 2.43 bits per heavy atom. The van der Waals surface area contributed by atoms with Crippen LogP contribution in [0.15, 0.2) is 0 Å². The van der Waals surface area contributed by atoms with Crippen LogP contribution < -0.4 is 5.32 Å². The van der Waals surface area contributed by atoms with Crippen LogP contribution in [-0.4, -0.2) is 46.4 Å². The van der Waals surface area contributed by atoms with Crippen LogP contribution in [0, 0.1) is 11.8 Å². The molecule has 1 saturated heterocycles. The zero-order valence-electron chi connectivity index (χ0n) is 12.7. The quantitative estimate of drug-likeness (QED) is 0.734. The lowest BCUT2D eigenvalue weighted by atomic mass is 9.91. The molecular formula is C15H24N2O4. The van der Waals surface area contributed by atoms with Gasteiger partial charge in [-0.05, 0) is 31.6 Å². The third-order valence-corrected chi connectivity index (χ3v) is 4.74. The van der Waals surface area contributed by atoms with Crippen molar-refractivity contribution in [1.82, 2.24) is 10.2 Å². The van der Waals surface area contributed by atoms with Crippen molar-refractivity contribution in [2.24, 2.45) is 11.8 Å². The van der Waals surface area contributed by atoms with Crippen LogP contribution in [0.2, 0.25) is 0 Å². The molecule has 1 heterocycles. The molecule has 0 aromatic carbocycles. The fourth-order valence-electron chi connectivity index (χ4n) is 2.86. The second-order valence-electron chi connectivity index (χ2n) is 6.23. The van der Waals surface area contributed by atoms with Crippen molar-refractivity contribution in [3.63, 3.8) is 0 Å². The van der Waals surface area contributed by atoms with Crippen LogP contribution >= 0.6 is 0 Å². The summed E-state index contributed by atoms with van der Waals surface area (Å²) in [5.74, 6) is -1.14. The first-order valence-electron chi connectivity index (χ1n) is 7.75. The fraction of sp³-hybridized carbons (Fsp3) is 0.800. The van der Waals surface area contributed by atoms with E-state index in [0.717, 1.165) is 19.4 Å². The van der Waals surface area contributed by atoms with Crippen molar-refractivity contribution < 1.29 is 19.5 Å². The predicted molar refractivity (Wildman–Crippen MR) is 76.5 cm³/mol. The number of rotatable bonds is 7. The van der Waals surface area contributed by atoms with Gasteiger partial charge in [0.15, 0.2) is 0 Å². The number of carbonyl (C=O) groups is 3. The molecular weight excluding hydrogens is 272 g/mol. The lowest BCUT2D eigenvalue weighted by Crippen LogP contribution is -2.55. The molecule has 0 radical (unpaired) electrons. The van der Waals surface area contributed by atoms with Crippen LogP contribution in [-0.2, 0) is 14.4 Å². The molecule has 0 spiro atoms. The third-order valence-electron chi connectivity index (χ3n) is 4.74. The summed E-state index contributed by atoms with van der Waals surface area (Å²) in [6.07, 6.45) is 3.18. The average molecular weight is 296 g/mol. The Labute approximate surface area is 124 Å². The van der Waals surface area contributed by atoms with Gasteiger partial charge in [-0.1, -0.05) is 13.8 Å². The Balaban J connectivity index is 1.96. The van der Waals surface area contributed by atoms with Crippen LogP contribution in [0.3, 0.4) is 0 Å². The molecule has 0 aromatic heterocycles. The highest BCUT2D eigenvalue weighted by Gasteiger charge is 2.42. The number of likely N-dealkylation sites (tertiary alicyclic amines) is 1. The van der Waals surface area contributed by atoms with Gasteiger partial charge in [-0.15, -0.1) is 0 Å². The van der Waals surface area contributed by atoms with Crippen molar-refractivity contribution in [2.45, 2.75) is 51.5 Å². The SMILES string of the molecule is CCC(CC)(NC(=O)C1CC(=O)N(CC2CC2)C1)C(=O)O. The molecule has 21 heavy (non-hydrogen) atoms. The maximum atomic E-state index is 12.3. The first kappa shape index (κ1) is 15.8. The van der Waals surface area contributed by atoms with E-state index in [4.69, 9.17) is 0 Å². The van der Waals surface area contributed by atoms with E-state index in [1.54, 1.807) is 18.7 Å². The normalized spacial score (nSPS) is 22.5. The van der Waals surface area contributed by atoms with Gasteiger partial charge in [0.25, 0.3) is 0 Å². The van der Waals surface area contributed by atoms with Crippen molar-refractivity contribution in [1.29, 1.82) is 0 Å². The third kappa shape index (κ3) is 3.36. The van der Waals surface area contributed by atoms with E-state index < -0.39 is 17.4 Å². The molecule has 1 saturated carbocycles. The summed E-state index contributed by atoms with van der Waals surface area (Å²) < 4.78 is 0. The molecule has 0 bridgehead atoms. The number of carbonyl (C=O) groups excluding carboxylic acids is 2. The van der Waals surface area contributed by atoms with Crippen molar-refractivity contribution >= 4 is 17.8 Å². The summed E-state index contributed by atoms with van der Waals surface area (Å²) in [5.41, 5.74) is -1.22. The van der Waals surface area contributed by atoms with E-state index in [1.165, 1.54) is 0 Å². The number of hydrogen-bond acceptors (Lipinski definition) is 3. The number of nitrogens with zero attached hydrogens (tertiary/aromatic N) is 1. The van der Waals surface area contributed by atoms with Gasteiger partial charge in [-0.25, -0.2) is 4.79 Å². The molecule has 6 heteroatoms. The number of nitrogens with one attached hydrogen (secondary N) is 1. The van der Waals surface area contributed by atoms with E-state index in [-0.39, 0.29) is 18.2 Å². The highest BCUT2D eigenvalue weighted by atomic mass is 16.4. The molecule has 1 unspecified atom stereocenters. The van der Waals surface area contributed by atoms with Gasteiger partial charge in [0.1, 0.15) is 5.54 Å².